The Hall–Kier alpha value is -3.93. The summed E-state index contributed by atoms with van der Waals surface area (Å²) in [4.78, 5) is 20.2. The first kappa shape index (κ1) is 24.2. The highest BCUT2D eigenvalue weighted by molar-refractivity contribution is 6.03. The van der Waals surface area contributed by atoms with E-state index in [0.717, 1.165) is 54.9 Å². The van der Waals surface area contributed by atoms with Crippen LogP contribution in [0.25, 0.3) is 11.3 Å². The SMILES string of the molecule is O=C(Nc1cnccc1[C@@]1(C(F)(F)F)C[C@@H](O)C=CO1)c1ccc(F)c(-c2c(F)cccc2F)n1. The van der Waals surface area contributed by atoms with Gasteiger partial charge in [0.15, 0.2) is 0 Å². The summed E-state index contributed by atoms with van der Waals surface area (Å²) in [6, 6.07) is 5.41. The number of amides is 1. The summed E-state index contributed by atoms with van der Waals surface area (Å²) in [6.07, 6.45) is -3.68. The van der Waals surface area contributed by atoms with Crippen molar-refractivity contribution in [3.8, 4) is 11.3 Å². The number of hydrogen-bond donors (Lipinski definition) is 2. The summed E-state index contributed by atoms with van der Waals surface area (Å²) in [5, 5.41) is 12.1. The minimum Gasteiger partial charge on any atom is -0.481 e. The molecule has 0 aliphatic carbocycles. The second-order valence-corrected chi connectivity index (χ2v) is 7.54. The first-order valence-corrected chi connectivity index (χ1v) is 9.99. The van der Waals surface area contributed by atoms with E-state index in [1.807, 2.05) is 0 Å². The second kappa shape index (κ2) is 9.02. The molecule has 3 heterocycles. The molecule has 2 atom stereocenters. The third-order valence-corrected chi connectivity index (χ3v) is 5.31. The van der Waals surface area contributed by atoms with Gasteiger partial charge in [-0.05, 0) is 36.4 Å². The smallest absolute Gasteiger partial charge is 0.432 e. The lowest BCUT2D eigenvalue weighted by Gasteiger charge is -2.39. The van der Waals surface area contributed by atoms with Crippen molar-refractivity contribution in [1.82, 2.24) is 9.97 Å². The van der Waals surface area contributed by atoms with Crippen LogP contribution >= 0.6 is 0 Å². The number of benzene rings is 1. The number of halogens is 6. The van der Waals surface area contributed by atoms with E-state index in [0.29, 0.717) is 6.26 Å². The molecule has 0 radical (unpaired) electrons. The van der Waals surface area contributed by atoms with E-state index in [1.165, 1.54) is 0 Å². The van der Waals surface area contributed by atoms with Crippen molar-refractivity contribution in [2.24, 2.45) is 0 Å². The van der Waals surface area contributed by atoms with Crippen LogP contribution in [0.15, 0.2) is 61.1 Å². The molecule has 0 saturated heterocycles. The van der Waals surface area contributed by atoms with E-state index in [9.17, 15) is 36.2 Å². The minimum absolute atomic E-state index is 0.429. The van der Waals surface area contributed by atoms with Crippen LogP contribution in [0.4, 0.5) is 32.0 Å². The Morgan fingerprint density at radius 1 is 1.09 bits per heavy atom. The van der Waals surface area contributed by atoms with Crippen LogP contribution in [0.5, 0.6) is 0 Å². The predicted octanol–water partition coefficient (Wildman–Crippen LogP) is 4.87. The third-order valence-electron chi connectivity index (χ3n) is 5.31. The Morgan fingerprint density at radius 3 is 2.46 bits per heavy atom. The number of rotatable bonds is 4. The number of nitrogens with zero attached hydrogens (tertiary/aromatic N) is 2. The predicted molar refractivity (Wildman–Crippen MR) is 110 cm³/mol. The van der Waals surface area contributed by atoms with Gasteiger partial charge >= 0.3 is 6.18 Å². The molecule has 6 nitrogen and oxygen atoms in total. The Kier molecular flexibility index (Phi) is 6.24. The third kappa shape index (κ3) is 4.44. The molecule has 2 aromatic heterocycles. The summed E-state index contributed by atoms with van der Waals surface area (Å²) in [5.41, 5.74) is -6.14. The molecule has 0 spiro atoms. The average Bonchev–Trinajstić information content (AvgIpc) is 2.79. The van der Waals surface area contributed by atoms with Crippen LogP contribution < -0.4 is 5.32 Å². The van der Waals surface area contributed by atoms with Gasteiger partial charge in [0.2, 0.25) is 5.60 Å². The molecule has 1 aliphatic rings. The number of alkyl halides is 3. The summed E-state index contributed by atoms with van der Waals surface area (Å²) < 4.78 is 89.9. The number of hydrogen-bond acceptors (Lipinski definition) is 5. The Bertz CT molecular complexity index is 1290. The molecule has 1 aliphatic heterocycles. The lowest BCUT2D eigenvalue weighted by atomic mass is 9.85. The zero-order chi connectivity index (χ0) is 25.4. The number of aliphatic hydroxyl groups is 1. The van der Waals surface area contributed by atoms with Gasteiger partial charge in [-0.25, -0.2) is 18.2 Å². The van der Waals surface area contributed by atoms with Gasteiger partial charge in [0.1, 0.15) is 28.8 Å². The molecule has 4 rings (SSSR count). The molecular formula is C23H15F6N3O3. The van der Waals surface area contributed by atoms with Gasteiger partial charge in [-0.2, -0.15) is 13.2 Å². The first-order valence-electron chi connectivity index (χ1n) is 9.99. The number of anilines is 1. The molecule has 3 aromatic rings. The van der Waals surface area contributed by atoms with Crippen molar-refractivity contribution in [3.05, 3.63) is 89.8 Å². The maximum absolute atomic E-state index is 14.3. The van der Waals surface area contributed by atoms with Crippen LogP contribution in [0.1, 0.15) is 22.5 Å². The largest absolute Gasteiger partial charge is 0.481 e. The fourth-order valence-electron chi connectivity index (χ4n) is 3.67. The maximum atomic E-state index is 14.3. The van der Waals surface area contributed by atoms with Gasteiger partial charge in [-0.15, -0.1) is 0 Å². The van der Waals surface area contributed by atoms with Crippen LogP contribution in [-0.4, -0.2) is 33.3 Å². The number of pyridine rings is 2. The van der Waals surface area contributed by atoms with Gasteiger partial charge in [-0.1, -0.05) is 6.07 Å². The number of aromatic nitrogens is 2. The summed E-state index contributed by atoms with van der Waals surface area (Å²) in [7, 11) is 0. The van der Waals surface area contributed by atoms with Crippen molar-refractivity contribution in [2.75, 3.05) is 5.32 Å². The van der Waals surface area contributed by atoms with E-state index in [1.54, 1.807) is 0 Å². The van der Waals surface area contributed by atoms with E-state index in [4.69, 9.17) is 4.74 Å². The molecule has 182 valence electrons. The molecule has 12 heteroatoms. The average molecular weight is 495 g/mol. The lowest BCUT2D eigenvalue weighted by Crippen LogP contribution is -2.48. The molecule has 35 heavy (non-hydrogen) atoms. The van der Waals surface area contributed by atoms with E-state index >= 15 is 0 Å². The lowest BCUT2D eigenvalue weighted by molar-refractivity contribution is -0.279. The summed E-state index contributed by atoms with van der Waals surface area (Å²) >= 11 is 0. The molecule has 0 bridgehead atoms. The highest BCUT2D eigenvalue weighted by Crippen LogP contribution is 2.49. The van der Waals surface area contributed by atoms with Crippen molar-refractivity contribution in [1.29, 1.82) is 0 Å². The molecule has 0 saturated carbocycles. The van der Waals surface area contributed by atoms with Gasteiger partial charge in [0.25, 0.3) is 5.91 Å². The van der Waals surface area contributed by atoms with Crippen LogP contribution in [-0.2, 0) is 10.3 Å². The van der Waals surface area contributed by atoms with Gasteiger partial charge in [-0.3, -0.25) is 9.78 Å². The highest BCUT2D eigenvalue weighted by Gasteiger charge is 2.60. The van der Waals surface area contributed by atoms with E-state index < -0.39 is 75.9 Å². The van der Waals surface area contributed by atoms with E-state index in [-0.39, 0.29) is 0 Å². The highest BCUT2D eigenvalue weighted by atomic mass is 19.4. The zero-order valence-electron chi connectivity index (χ0n) is 17.5. The number of carbonyl (C=O) groups is 1. The quantitative estimate of drug-likeness (QED) is 0.505. The molecular weight excluding hydrogens is 480 g/mol. The van der Waals surface area contributed by atoms with Gasteiger partial charge in [0, 0.05) is 18.2 Å². The standard InChI is InChI=1S/C23H15F6N3O3/c24-14-2-1-3-15(25)19(14)20-16(26)4-5-17(31-20)21(34)32-18-11-30-8-6-13(18)22(23(27,28)29)10-12(33)7-9-35-22/h1-9,11-12,33H,10H2,(H,32,34)/t12-,22+/m0/s1. The second-order valence-electron chi connectivity index (χ2n) is 7.54. The van der Waals surface area contributed by atoms with Crippen molar-refractivity contribution >= 4 is 11.6 Å². The fraction of sp³-hybridized carbons (Fsp3) is 0.174. The molecule has 2 N–H and O–H groups in total. The van der Waals surface area contributed by atoms with Crippen LogP contribution in [0, 0.1) is 17.5 Å². The van der Waals surface area contributed by atoms with Gasteiger partial charge < -0.3 is 15.2 Å². The topological polar surface area (TPSA) is 84.3 Å². The van der Waals surface area contributed by atoms with Crippen molar-refractivity contribution < 1.29 is 41.0 Å². The van der Waals surface area contributed by atoms with Crippen molar-refractivity contribution in [2.45, 2.75) is 24.3 Å². The van der Waals surface area contributed by atoms with Crippen LogP contribution in [0.3, 0.4) is 0 Å². The van der Waals surface area contributed by atoms with Crippen molar-refractivity contribution in [3.63, 3.8) is 0 Å². The molecule has 1 amide bonds. The number of carbonyl (C=O) groups excluding carboxylic acids is 1. The molecule has 1 aromatic carbocycles. The summed E-state index contributed by atoms with van der Waals surface area (Å²) in [5.74, 6) is -4.49. The Balaban J connectivity index is 1.73. The first-order chi connectivity index (χ1) is 16.5. The van der Waals surface area contributed by atoms with Crippen LogP contribution in [0.2, 0.25) is 0 Å². The fourth-order valence-corrected chi connectivity index (χ4v) is 3.67. The normalized spacial score (nSPS) is 19.8. The number of aliphatic hydroxyl groups excluding tert-OH is 1. The molecule has 0 unspecified atom stereocenters. The summed E-state index contributed by atoms with van der Waals surface area (Å²) in [6.45, 7) is 0. The molecule has 0 fully saturated rings. The Morgan fingerprint density at radius 2 is 1.80 bits per heavy atom. The minimum atomic E-state index is -5.01. The van der Waals surface area contributed by atoms with Gasteiger partial charge in [0.05, 0.1) is 29.8 Å². The zero-order valence-corrected chi connectivity index (χ0v) is 17.5. The van der Waals surface area contributed by atoms with E-state index in [2.05, 4.69) is 15.3 Å². The number of ether oxygens (including phenoxy) is 1. The monoisotopic (exact) mass is 495 g/mol. The number of nitrogens with one attached hydrogen (secondary N) is 1. The Labute approximate surface area is 193 Å². The maximum Gasteiger partial charge on any atom is 0.432 e.